The molecular weight excluding hydrogens is 114 g/mol. The molecule has 2 N–H and O–H groups in total. The third kappa shape index (κ3) is 4.15. The zero-order valence-corrected chi connectivity index (χ0v) is 6.27. The van der Waals surface area contributed by atoms with Crippen LogP contribution in [0, 0.1) is 5.92 Å². The normalized spacial score (nSPS) is 13.9. The second-order valence-electron chi connectivity index (χ2n) is 2.64. The van der Waals surface area contributed by atoms with Crippen LogP contribution in [-0.2, 0) is 4.79 Å². The molecule has 0 rings (SSSR count). The lowest BCUT2D eigenvalue weighted by molar-refractivity contribution is -0.119. The van der Waals surface area contributed by atoms with Gasteiger partial charge in [-0.05, 0) is 12.8 Å². The Morgan fingerprint density at radius 3 is 2.11 bits per heavy atom. The molecular formula is C7H14NO. The zero-order valence-electron chi connectivity index (χ0n) is 6.27. The number of Topliss-reactive ketones (excluding diaryl/α,β-unsaturated/α-hetero) is 1. The standard InChI is InChI=1S/C7H14NO/c1-5(2)4-7(9)6(3)8/h6H,4,8H2,1-3H3/t6-/m0/s1. The Hall–Kier alpha value is -0.370. The minimum Gasteiger partial charge on any atom is -0.322 e. The summed E-state index contributed by atoms with van der Waals surface area (Å²) in [7, 11) is 0. The van der Waals surface area contributed by atoms with Crippen molar-refractivity contribution in [3.05, 3.63) is 5.92 Å². The van der Waals surface area contributed by atoms with Gasteiger partial charge in [-0.2, -0.15) is 0 Å². The highest BCUT2D eigenvalue weighted by Crippen LogP contribution is 2.03. The number of hydrogen-bond acceptors (Lipinski definition) is 2. The van der Waals surface area contributed by atoms with E-state index >= 15 is 0 Å². The van der Waals surface area contributed by atoms with Gasteiger partial charge < -0.3 is 5.73 Å². The van der Waals surface area contributed by atoms with Crippen molar-refractivity contribution in [1.29, 1.82) is 0 Å². The first kappa shape index (κ1) is 8.63. The highest BCUT2D eigenvalue weighted by atomic mass is 16.1. The summed E-state index contributed by atoms with van der Waals surface area (Å²) in [4.78, 5) is 10.8. The number of hydrogen-bond donors (Lipinski definition) is 1. The lowest BCUT2D eigenvalue weighted by Gasteiger charge is -2.04. The monoisotopic (exact) mass is 128 g/mol. The van der Waals surface area contributed by atoms with Gasteiger partial charge in [-0.15, -0.1) is 0 Å². The first-order valence-electron chi connectivity index (χ1n) is 3.11. The van der Waals surface area contributed by atoms with Gasteiger partial charge in [0.05, 0.1) is 6.04 Å². The van der Waals surface area contributed by atoms with E-state index in [9.17, 15) is 4.79 Å². The molecule has 0 fully saturated rings. The van der Waals surface area contributed by atoms with Gasteiger partial charge in [0.25, 0.3) is 0 Å². The van der Waals surface area contributed by atoms with Crippen LogP contribution in [0.2, 0.25) is 0 Å². The first-order chi connectivity index (χ1) is 4.04. The van der Waals surface area contributed by atoms with Gasteiger partial charge >= 0.3 is 0 Å². The van der Waals surface area contributed by atoms with Gasteiger partial charge in [-0.25, -0.2) is 0 Å². The Balaban J connectivity index is 3.51. The average molecular weight is 128 g/mol. The highest BCUT2D eigenvalue weighted by Gasteiger charge is 2.08. The SMILES string of the molecule is C[C](C)CC(=O)[C@H](C)N. The summed E-state index contributed by atoms with van der Waals surface area (Å²) in [5.41, 5.74) is 5.32. The summed E-state index contributed by atoms with van der Waals surface area (Å²) >= 11 is 0. The molecule has 53 valence electrons. The van der Waals surface area contributed by atoms with Gasteiger partial charge in [0, 0.05) is 6.42 Å². The van der Waals surface area contributed by atoms with E-state index in [1.54, 1.807) is 6.92 Å². The molecule has 9 heavy (non-hydrogen) atoms. The number of carbonyl (C=O) groups excluding carboxylic acids is 1. The van der Waals surface area contributed by atoms with Crippen LogP contribution in [0.5, 0.6) is 0 Å². The third-order valence-corrected chi connectivity index (χ3v) is 1.04. The van der Waals surface area contributed by atoms with Crippen molar-refractivity contribution in [3.8, 4) is 0 Å². The van der Waals surface area contributed by atoms with Crippen LogP contribution in [0.25, 0.3) is 0 Å². The summed E-state index contributed by atoms with van der Waals surface area (Å²) in [5, 5.41) is 0. The molecule has 2 heteroatoms. The van der Waals surface area contributed by atoms with Crippen LogP contribution in [0.15, 0.2) is 0 Å². The summed E-state index contributed by atoms with van der Waals surface area (Å²) in [6, 6.07) is -0.306. The summed E-state index contributed by atoms with van der Waals surface area (Å²) < 4.78 is 0. The number of carbonyl (C=O) groups is 1. The Morgan fingerprint density at radius 1 is 1.56 bits per heavy atom. The number of rotatable bonds is 3. The molecule has 0 spiro atoms. The molecule has 0 bridgehead atoms. The van der Waals surface area contributed by atoms with Crippen LogP contribution < -0.4 is 5.73 Å². The van der Waals surface area contributed by atoms with E-state index in [0.717, 1.165) is 5.92 Å². The van der Waals surface area contributed by atoms with Crippen molar-refractivity contribution in [2.24, 2.45) is 5.73 Å². The molecule has 0 aromatic carbocycles. The Labute approximate surface area is 56.4 Å². The molecule has 1 radical (unpaired) electrons. The molecule has 0 saturated carbocycles. The third-order valence-electron chi connectivity index (χ3n) is 1.04. The molecule has 0 unspecified atom stereocenters. The molecule has 0 saturated heterocycles. The van der Waals surface area contributed by atoms with Crippen molar-refractivity contribution < 1.29 is 4.79 Å². The summed E-state index contributed by atoms with van der Waals surface area (Å²) in [6.07, 6.45) is 0.525. The van der Waals surface area contributed by atoms with E-state index in [1.165, 1.54) is 0 Å². The van der Waals surface area contributed by atoms with E-state index in [-0.39, 0.29) is 11.8 Å². The quantitative estimate of drug-likeness (QED) is 0.613. The minimum atomic E-state index is -0.306. The van der Waals surface area contributed by atoms with Crippen LogP contribution >= 0.6 is 0 Å². The topological polar surface area (TPSA) is 43.1 Å². The largest absolute Gasteiger partial charge is 0.322 e. The van der Waals surface area contributed by atoms with E-state index < -0.39 is 0 Å². The lowest BCUT2D eigenvalue weighted by Crippen LogP contribution is -2.27. The fraction of sp³-hybridized carbons (Fsp3) is 0.714. The molecule has 0 heterocycles. The van der Waals surface area contributed by atoms with Crippen molar-refractivity contribution in [2.75, 3.05) is 0 Å². The Bertz CT molecular complexity index is 97.1. The van der Waals surface area contributed by atoms with E-state index in [2.05, 4.69) is 0 Å². The van der Waals surface area contributed by atoms with Crippen LogP contribution in [0.3, 0.4) is 0 Å². The lowest BCUT2D eigenvalue weighted by atomic mass is 10.0. The van der Waals surface area contributed by atoms with E-state index in [1.807, 2.05) is 13.8 Å². The molecule has 0 aliphatic rings. The fourth-order valence-corrected chi connectivity index (χ4v) is 0.509. The first-order valence-corrected chi connectivity index (χ1v) is 3.11. The fourth-order valence-electron chi connectivity index (χ4n) is 0.509. The van der Waals surface area contributed by atoms with Crippen molar-refractivity contribution in [1.82, 2.24) is 0 Å². The van der Waals surface area contributed by atoms with Crippen molar-refractivity contribution in [2.45, 2.75) is 33.2 Å². The van der Waals surface area contributed by atoms with Gasteiger partial charge in [-0.1, -0.05) is 13.8 Å². The molecule has 0 aliphatic carbocycles. The molecule has 0 aromatic heterocycles. The molecule has 2 nitrogen and oxygen atoms in total. The maximum absolute atomic E-state index is 10.8. The second kappa shape index (κ2) is 3.62. The Kier molecular flexibility index (Phi) is 3.47. The van der Waals surface area contributed by atoms with E-state index in [0.29, 0.717) is 6.42 Å². The van der Waals surface area contributed by atoms with Gasteiger partial charge in [0.15, 0.2) is 0 Å². The molecule has 1 atom stereocenters. The Morgan fingerprint density at radius 2 is 2.00 bits per heavy atom. The van der Waals surface area contributed by atoms with E-state index in [4.69, 9.17) is 5.73 Å². The average Bonchev–Trinajstić information content (AvgIpc) is 1.63. The highest BCUT2D eigenvalue weighted by molar-refractivity contribution is 5.84. The van der Waals surface area contributed by atoms with Crippen molar-refractivity contribution >= 4 is 5.78 Å². The number of ketones is 1. The summed E-state index contributed by atoms with van der Waals surface area (Å²) in [5.74, 6) is 1.24. The summed E-state index contributed by atoms with van der Waals surface area (Å²) in [6.45, 7) is 5.58. The zero-order chi connectivity index (χ0) is 7.44. The minimum absolute atomic E-state index is 0.120. The predicted octanol–water partition coefficient (Wildman–Crippen LogP) is 0.907. The predicted molar refractivity (Wildman–Crippen MR) is 37.9 cm³/mol. The maximum atomic E-state index is 10.8. The maximum Gasteiger partial charge on any atom is 0.149 e. The van der Waals surface area contributed by atoms with Gasteiger partial charge in [-0.3, -0.25) is 4.79 Å². The number of nitrogens with two attached hydrogens (primary N) is 1. The molecule has 0 aliphatic heterocycles. The van der Waals surface area contributed by atoms with Gasteiger partial charge in [0.2, 0.25) is 0 Å². The van der Waals surface area contributed by atoms with Crippen LogP contribution in [-0.4, -0.2) is 11.8 Å². The molecule has 0 aromatic rings. The van der Waals surface area contributed by atoms with Gasteiger partial charge in [0.1, 0.15) is 5.78 Å². The second-order valence-corrected chi connectivity index (χ2v) is 2.64. The molecule has 0 amide bonds. The van der Waals surface area contributed by atoms with Crippen LogP contribution in [0.1, 0.15) is 27.2 Å². The van der Waals surface area contributed by atoms with Crippen LogP contribution in [0.4, 0.5) is 0 Å². The van der Waals surface area contributed by atoms with Crippen molar-refractivity contribution in [3.63, 3.8) is 0 Å². The smallest absolute Gasteiger partial charge is 0.149 e.